The van der Waals surface area contributed by atoms with E-state index in [0.29, 0.717) is 18.4 Å². The standard InChI is InChI=1S/C13H18N2O5/c1-2-3-4-5-12(15(19)20)13(16)10-6-8-11(9-7-10)14(17)18/h6-9,12-13,16H,2-5H2,1H3. The van der Waals surface area contributed by atoms with Crippen LogP contribution in [0, 0.1) is 20.2 Å². The van der Waals surface area contributed by atoms with Gasteiger partial charge in [0.05, 0.1) is 4.92 Å². The molecule has 1 aromatic rings. The van der Waals surface area contributed by atoms with Gasteiger partial charge in [0.15, 0.2) is 0 Å². The molecule has 0 spiro atoms. The molecular weight excluding hydrogens is 264 g/mol. The number of benzene rings is 1. The second kappa shape index (κ2) is 7.54. The molecule has 20 heavy (non-hydrogen) atoms. The summed E-state index contributed by atoms with van der Waals surface area (Å²) < 4.78 is 0. The highest BCUT2D eigenvalue weighted by Gasteiger charge is 2.30. The smallest absolute Gasteiger partial charge is 0.269 e. The average molecular weight is 282 g/mol. The molecule has 0 radical (unpaired) electrons. The van der Waals surface area contributed by atoms with Gasteiger partial charge >= 0.3 is 0 Å². The highest BCUT2D eigenvalue weighted by atomic mass is 16.6. The number of aliphatic hydroxyl groups excluding tert-OH is 1. The Morgan fingerprint density at radius 2 is 1.75 bits per heavy atom. The van der Waals surface area contributed by atoms with Crippen LogP contribution in [0.15, 0.2) is 24.3 Å². The van der Waals surface area contributed by atoms with Crippen molar-refractivity contribution in [3.8, 4) is 0 Å². The first-order chi connectivity index (χ1) is 9.47. The number of non-ortho nitro benzene ring substituents is 1. The highest BCUT2D eigenvalue weighted by Crippen LogP contribution is 2.24. The minimum atomic E-state index is -1.25. The lowest BCUT2D eigenvalue weighted by molar-refractivity contribution is -0.537. The van der Waals surface area contributed by atoms with E-state index in [1.54, 1.807) is 0 Å². The lowest BCUT2D eigenvalue weighted by Crippen LogP contribution is -2.27. The van der Waals surface area contributed by atoms with Gasteiger partial charge in [0.2, 0.25) is 6.04 Å². The van der Waals surface area contributed by atoms with Crippen LogP contribution in [0.5, 0.6) is 0 Å². The van der Waals surface area contributed by atoms with E-state index in [1.807, 2.05) is 6.92 Å². The van der Waals surface area contributed by atoms with Crippen LogP contribution < -0.4 is 0 Å². The van der Waals surface area contributed by atoms with Crippen molar-refractivity contribution >= 4 is 5.69 Å². The normalized spacial score (nSPS) is 13.7. The topological polar surface area (TPSA) is 107 Å². The molecule has 0 fully saturated rings. The first-order valence-electron chi connectivity index (χ1n) is 6.53. The minimum Gasteiger partial charge on any atom is -0.381 e. The number of aliphatic hydroxyl groups is 1. The average Bonchev–Trinajstić information content (AvgIpc) is 2.42. The maximum atomic E-state index is 11.0. The summed E-state index contributed by atoms with van der Waals surface area (Å²) in [6, 6.07) is 4.12. The van der Waals surface area contributed by atoms with E-state index in [0.717, 1.165) is 12.8 Å². The lowest BCUT2D eigenvalue weighted by atomic mass is 9.97. The Hall–Kier alpha value is -2.02. The van der Waals surface area contributed by atoms with Crippen molar-refractivity contribution in [3.63, 3.8) is 0 Å². The zero-order valence-corrected chi connectivity index (χ0v) is 11.3. The Morgan fingerprint density at radius 1 is 1.15 bits per heavy atom. The summed E-state index contributed by atoms with van der Waals surface area (Å²) in [5, 5.41) is 31.6. The number of hydrogen-bond acceptors (Lipinski definition) is 5. The first-order valence-corrected chi connectivity index (χ1v) is 6.53. The molecular formula is C13H18N2O5. The highest BCUT2D eigenvalue weighted by molar-refractivity contribution is 5.34. The maximum absolute atomic E-state index is 11.0. The molecule has 1 rings (SSSR count). The summed E-state index contributed by atoms with van der Waals surface area (Å²) in [6.45, 7) is 1.99. The number of rotatable bonds is 8. The van der Waals surface area contributed by atoms with Gasteiger partial charge in [0.1, 0.15) is 6.10 Å². The number of nitrogens with zero attached hydrogens (tertiary/aromatic N) is 2. The van der Waals surface area contributed by atoms with Gasteiger partial charge in [-0.2, -0.15) is 0 Å². The van der Waals surface area contributed by atoms with E-state index < -0.39 is 22.0 Å². The van der Waals surface area contributed by atoms with E-state index in [4.69, 9.17) is 0 Å². The zero-order chi connectivity index (χ0) is 15.1. The summed E-state index contributed by atoms with van der Waals surface area (Å²) in [6.07, 6.45) is 1.53. The SMILES string of the molecule is CCCCCC(C(O)c1ccc([N+](=O)[O-])cc1)[N+](=O)[O-]. The quantitative estimate of drug-likeness (QED) is 0.448. The number of hydrogen-bond donors (Lipinski definition) is 1. The monoisotopic (exact) mass is 282 g/mol. The second-order valence-electron chi connectivity index (χ2n) is 4.64. The zero-order valence-electron chi connectivity index (χ0n) is 11.3. The molecule has 0 amide bonds. The van der Waals surface area contributed by atoms with E-state index in [1.165, 1.54) is 24.3 Å². The van der Waals surface area contributed by atoms with Crippen LogP contribution >= 0.6 is 0 Å². The Labute approximate surface area is 116 Å². The molecule has 0 bridgehead atoms. The van der Waals surface area contributed by atoms with Gasteiger partial charge in [-0.15, -0.1) is 0 Å². The van der Waals surface area contributed by atoms with Crippen molar-refractivity contribution in [2.24, 2.45) is 0 Å². The van der Waals surface area contributed by atoms with Crippen molar-refractivity contribution in [1.29, 1.82) is 0 Å². The summed E-state index contributed by atoms with van der Waals surface area (Å²) >= 11 is 0. The van der Waals surface area contributed by atoms with E-state index in [2.05, 4.69) is 0 Å². The molecule has 7 heteroatoms. The van der Waals surface area contributed by atoms with Crippen LogP contribution in [0.2, 0.25) is 0 Å². The van der Waals surface area contributed by atoms with Gasteiger partial charge in [0.25, 0.3) is 5.69 Å². The van der Waals surface area contributed by atoms with Gasteiger partial charge in [-0.05, 0) is 24.1 Å². The lowest BCUT2D eigenvalue weighted by Gasteiger charge is -2.16. The Kier molecular flexibility index (Phi) is 6.05. The fourth-order valence-electron chi connectivity index (χ4n) is 2.00. The van der Waals surface area contributed by atoms with Gasteiger partial charge in [-0.1, -0.05) is 19.8 Å². The van der Waals surface area contributed by atoms with Crippen LogP contribution in [0.4, 0.5) is 5.69 Å². The Bertz CT molecular complexity index is 460. The van der Waals surface area contributed by atoms with Gasteiger partial charge in [0, 0.05) is 23.5 Å². The van der Waals surface area contributed by atoms with Crippen molar-refractivity contribution in [2.45, 2.75) is 44.8 Å². The number of nitro groups is 2. The largest absolute Gasteiger partial charge is 0.381 e. The molecule has 0 aromatic heterocycles. The fraction of sp³-hybridized carbons (Fsp3) is 0.538. The van der Waals surface area contributed by atoms with Gasteiger partial charge < -0.3 is 5.11 Å². The third-order valence-electron chi connectivity index (χ3n) is 3.18. The van der Waals surface area contributed by atoms with Gasteiger partial charge in [-0.3, -0.25) is 20.2 Å². The van der Waals surface area contributed by atoms with Crippen LogP contribution in [-0.2, 0) is 0 Å². The van der Waals surface area contributed by atoms with Crippen LogP contribution in [0.1, 0.15) is 44.3 Å². The van der Waals surface area contributed by atoms with Crippen molar-refractivity contribution < 1.29 is 15.0 Å². The summed E-state index contributed by atoms with van der Waals surface area (Å²) in [5.41, 5.74) is 0.221. The summed E-state index contributed by atoms with van der Waals surface area (Å²) in [4.78, 5) is 20.5. The van der Waals surface area contributed by atoms with Crippen molar-refractivity contribution in [1.82, 2.24) is 0 Å². The first kappa shape index (κ1) is 16.0. The summed E-state index contributed by atoms with van der Waals surface area (Å²) in [5.74, 6) is 0. The molecule has 7 nitrogen and oxygen atoms in total. The van der Waals surface area contributed by atoms with E-state index in [-0.39, 0.29) is 5.69 Å². The minimum absolute atomic E-state index is 0.107. The number of unbranched alkanes of at least 4 members (excludes halogenated alkanes) is 2. The number of nitro benzene ring substituents is 1. The molecule has 0 heterocycles. The molecule has 110 valence electrons. The predicted octanol–water partition coefficient (Wildman–Crippen LogP) is 2.85. The van der Waals surface area contributed by atoms with Crippen LogP contribution in [-0.4, -0.2) is 21.0 Å². The molecule has 2 unspecified atom stereocenters. The van der Waals surface area contributed by atoms with E-state index in [9.17, 15) is 25.3 Å². The molecule has 2 atom stereocenters. The second-order valence-corrected chi connectivity index (χ2v) is 4.64. The summed E-state index contributed by atoms with van der Waals surface area (Å²) in [7, 11) is 0. The maximum Gasteiger partial charge on any atom is 0.269 e. The van der Waals surface area contributed by atoms with Gasteiger partial charge in [-0.25, -0.2) is 0 Å². The van der Waals surface area contributed by atoms with E-state index >= 15 is 0 Å². The molecule has 0 aliphatic rings. The Balaban J connectivity index is 2.80. The third-order valence-corrected chi connectivity index (χ3v) is 3.18. The molecule has 0 aliphatic carbocycles. The Morgan fingerprint density at radius 3 is 2.20 bits per heavy atom. The third kappa shape index (κ3) is 4.27. The predicted molar refractivity (Wildman–Crippen MR) is 73.0 cm³/mol. The molecule has 0 saturated carbocycles. The molecule has 1 aromatic carbocycles. The van der Waals surface area contributed by atoms with Crippen LogP contribution in [0.3, 0.4) is 0 Å². The van der Waals surface area contributed by atoms with Crippen LogP contribution in [0.25, 0.3) is 0 Å². The molecule has 1 N–H and O–H groups in total. The molecule has 0 saturated heterocycles. The van der Waals surface area contributed by atoms with Crippen molar-refractivity contribution in [2.75, 3.05) is 0 Å². The fourth-order valence-corrected chi connectivity index (χ4v) is 2.00. The van der Waals surface area contributed by atoms with Crippen molar-refractivity contribution in [3.05, 3.63) is 50.1 Å². The molecule has 0 aliphatic heterocycles.